The van der Waals surface area contributed by atoms with Crippen LogP contribution in [0.4, 0.5) is 10.1 Å². The summed E-state index contributed by atoms with van der Waals surface area (Å²) in [6.07, 6.45) is 2.96. The van der Waals surface area contributed by atoms with Crippen LogP contribution in [0.3, 0.4) is 0 Å². The highest BCUT2D eigenvalue weighted by Gasteiger charge is 2.52. The van der Waals surface area contributed by atoms with Gasteiger partial charge < -0.3 is 29.5 Å². The van der Waals surface area contributed by atoms with E-state index < -0.39 is 33.6 Å². The number of carbonyl (C=O) groups is 1. The number of pyridine rings is 1. The highest BCUT2D eigenvalue weighted by molar-refractivity contribution is 5.97. The Labute approximate surface area is 178 Å². The molecule has 2 heterocycles. The molecule has 31 heavy (non-hydrogen) atoms. The second-order valence-electron chi connectivity index (χ2n) is 9.25. The van der Waals surface area contributed by atoms with Crippen LogP contribution < -0.4 is 15.1 Å². The van der Waals surface area contributed by atoms with Gasteiger partial charge in [-0.3, -0.25) is 4.79 Å². The summed E-state index contributed by atoms with van der Waals surface area (Å²) in [6.45, 7) is 3.86. The van der Waals surface area contributed by atoms with Crippen molar-refractivity contribution in [1.82, 2.24) is 4.57 Å². The largest absolute Gasteiger partial charge is 0.492 e. The SMILES string of the molecule is COc1c(N2C[C@](C)(CO)[C@](C)(CO)C2)c(F)cc2c(=O)c(C(=O)O)cn(C3CC3)c12. The number of aliphatic hydroxyl groups excluding tert-OH is 2. The molecule has 3 N–H and O–H groups in total. The quantitative estimate of drug-likeness (QED) is 0.638. The van der Waals surface area contributed by atoms with Gasteiger partial charge in [0.15, 0.2) is 11.6 Å². The average Bonchev–Trinajstić information content (AvgIpc) is 3.53. The van der Waals surface area contributed by atoms with E-state index >= 15 is 4.39 Å². The number of anilines is 1. The molecule has 0 amide bonds. The lowest BCUT2D eigenvalue weighted by molar-refractivity contribution is 0.00976. The minimum absolute atomic E-state index is 0.0115. The highest BCUT2D eigenvalue weighted by atomic mass is 19.1. The third-order valence-corrected chi connectivity index (χ3v) is 7.12. The second-order valence-corrected chi connectivity index (χ2v) is 9.25. The Kier molecular flexibility index (Phi) is 5.01. The molecule has 2 aromatic rings. The predicted octanol–water partition coefficient (Wildman–Crippen LogP) is 2.00. The van der Waals surface area contributed by atoms with E-state index in [2.05, 4.69) is 0 Å². The van der Waals surface area contributed by atoms with Gasteiger partial charge in [0, 0.05) is 36.2 Å². The lowest BCUT2D eigenvalue weighted by Crippen LogP contribution is -2.41. The number of benzene rings is 1. The van der Waals surface area contributed by atoms with Crippen molar-refractivity contribution in [2.45, 2.75) is 32.7 Å². The Balaban J connectivity index is 2.00. The van der Waals surface area contributed by atoms with Gasteiger partial charge in [-0.2, -0.15) is 0 Å². The molecule has 9 heteroatoms. The molecule has 1 saturated heterocycles. The van der Waals surface area contributed by atoms with Gasteiger partial charge in [0.05, 0.1) is 31.2 Å². The first-order chi connectivity index (χ1) is 14.6. The number of rotatable bonds is 6. The van der Waals surface area contributed by atoms with Crippen molar-refractivity contribution in [3.8, 4) is 5.75 Å². The molecule has 1 aromatic heterocycles. The molecule has 0 bridgehead atoms. The van der Waals surface area contributed by atoms with Crippen LogP contribution in [0.1, 0.15) is 43.1 Å². The third kappa shape index (κ3) is 3.10. The van der Waals surface area contributed by atoms with Crippen molar-refractivity contribution in [3.05, 3.63) is 33.9 Å². The molecule has 0 spiro atoms. The number of ether oxygens (including phenoxy) is 1. The molecule has 2 aliphatic rings. The van der Waals surface area contributed by atoms with E-state index in [0.717, 1.165) is 18.9 Å². The standard InChI is InChI=1S/C22H27FN2O6/c1-21(10-26)8-24(9-22(21,2)11-27)17-15(23)6-13-16(19(17)31-3)25(12-4-5-12)7-14(18(13)28)20(29)30/h6-7,12,26-27H,4-5,8-11H2,1-3H3,(H,29,30)/t21-,22+. The number of hydrogen-bond donors (Lipinski definition) is 3. The first kappa shape index (κ1) is 21.6. The lowest BCUT2D eigenvalue weighted by Gasteiger charge is -2.36. The molecule has 1 aromatic carbocycles. The third-order valence-electron chi connectivity index (χ3n) is 7.12. The molecule has 2 fully saturated rings. The van der Waals surface area contributed by atoms with Crippen molar-refractivity contribution in [3.63, 3.8) is 0 Å². The molecule has 4 rings (SSSR count). The Morgan fingerprint density at radius 1 is 1.23 bits per heavy atom. The average molecular weight is 434 g/mol. The summed E-state index contributed by atoms with van der Waals surface area (Å²) < 4.78 is 22.8. The molecule has 0 radical (unpaired) electrons. The van der Waals surface area contributed by atoms with Gasteiger partial charge in [0.2, 0.25) is 5.43 Å². The Hall–Kier alpha value is -2.65. The monoisotopic (exact) mass is 434 g/mol. The van der Waals surface area contributed by atoms with Crippen molar-refractivity contribution >= 4 is 22.6 Å². The zero-order chi connectivity index (χ0) is 22.7. The number of aromatic nitrogens is 1. The van der Waals surface area contributed by atoms with Crippen LogP contribution in [0.25, 0.3) is 10.9 Å². The van der Waals surface area contributed by atoms with Crippen LogP contribution in [0, 0.1) is 16.6 Å². The first-order valence-corrected chi connectivity index (χ1v) is 10.3. The maximum absolute atomic E-state index is 15.4. The Morgan fingerprint density at radius 3 is 2.26 bits per heavy atom. The molecule has 1 aliphatic heterocycles. The van der Waals surface area contributed by atoms with Gasteiger partial charge in [0.1, 0.15) is 11.3 Å². The molecule has 8 nitrogen and oxygen atoms in total. The first-order valence-electron chi connectivity index (χ1n) is 10.3. The number of fused-ring (bicyclic) bond motifs is 1. The number of carboxylic acids is 1. The maximum Gasteiger partial charge on any atom is 0.341 e. The summed E-state index contributed by atoms with van der Waals surface area (Å²) in [6, 6.07) is 1.09. The van der Waals surface area contributed by atoms with Crippen LogP contribution in [0.5, 0.6) is 5.75 Å². The number of halogens is 1. The maximum atomic E-state index is 15.4. The van der Waals surface area contributed by atoms with E-state index in [9.17, 15) is 24.9 Å². The van der Waals surface area contributed by atoms with Gasteiger partial charge >= 0.3 is 5.97 Å². The molecule has 0 unspecified atom stereocenters. The fraction of sp³-hybridized carbons (Fsp3) is 0.545. The number of hydrogen-bond acceptors (Lipinski definition) is 6. The van der Waals surface area contributed by atoms with Crippen molar-refractivity contribution in [2.24, 2.45) is 10.8 Å². The smallest absolute Gasteiger partial charge is 0.341 e. The summed E-state index contributed by atoms with van der Waals surface area (Å²) in [4.78, 5) is 26.1. The zero-order valence-electron chi connectivity index (χ0n) is 17.8. The Morgan fingerprint density at radius 2 is 1.81 bits per heavy atom. The van der Waals surface area contributed by atoms with E-state index in [4.69, 9.17) is 4.74 Å². The topological polar surface area (TPSA) is 112 Å². The second kappa shape index (κ2) is 7.20. The van der Waals surface area contributed by atoms with Gasteiger partial charge in [-0.25, -0.2) is 9.18 Å². The van der Waals surface area contributed by atoms with Crippen molar-refractivity contribution < 1.29 is 29.2 Å². The number of aliphatic hydroxyl groups is 2. The van der Waals surface area contributed by atoms with E-state index in [0.29, 0.717) is 5.52 Å². The van der Waals surface area contributed by atoms with Gasteiger partial charge in [-0.1, -0.05) is 13.8 Å². The lowest BCUT2D eigenvalue weighted by atomic mass is 9.69. The fourth-order valence-electron chi connectivity index (χ4n) is 4.64. The number of carboxylic acid groups (broad SMARTS) is 1. The van der Waals surface area contributed by atoms with E-state index in [-0.39, 0.29) is 49.2 Å². The minimum atomic E-state index is -1.36. The predicted molar refractivity (Wildman–Crippen MR) is 113 cm³/mol. The van der Waals surface area contributed by atoms with Crippen LogP contribution in [0.2, 0.25) is 0 Å². The number of aromatic carboxylic acids is 1. The van der Waals surface area contributed by atoms with Gasteiger partial charge in [-0.15, -0.1) is 0 Å². The Bertz CT molecular complexity index is 1110. The van der Waals surface area contributed by atoms with Crippen LogP contribution >= 0.6 is 0 Å². The fourth-order valence-corrected chi connectivity index (χ4v) is 4.64. The molecular weight excluding hydrogens is 407 g/mol. The zero-order valence-corrected chi connectivity index (χ0v) is 17.8. The molecule has 2 atom stereocenters. The molecular formula is C22H27FN2O6. The van der Waals surface area contributed by atoms with E-state index in [1.54, 1.807) is 9.47 Å². The van der Waals surface area contributed by atoms with Gasteiger partial charge in [-0.05, 0) is 18.9 Å². The van der Waals surface area contributed by atoms with E-state index in [1.165, 1.54) is 13.3 Å². The molecule has 1 aliphatic carbocycles. The van der Waals surface area contributed by atoms with Crippen LogP contribution in [-0.2, 0) is 0 Å². The minimum Gasteiger partial charge on any atom is -0.492 e. The number of methoxy groups -OCH3 is 1. The van der Waals surface area contributed by atoms with Crippen LogP contribution in [0.15, 0.2) is 17.1 Å². The summed E-state index contributed by atoms with van der Waals surface area (Å²) in [5.74, 6) is -1.92. The molecule has 1 saturated carbocycles. The number of nitrogens with zero attached hydrogens (tertiary/aromatic N) is 2. The summed E-state index contributed by atoms with van der Waals surface area (Å²) in [5, 5.41) is 29.4. The normalized spacial score (nSPS) is 25.9. The van der Waals surface area contributed by atoms with Crippen molar-refractivity contribution in [1.29, 1.82) is 0 Å². The highest BCUT2D eigenvalue weighted by Crippen LogP contribution is 2.50. The summed E-state index contributed by atoms with van der Waals surface area (Å²) >= 11 is 0. The van der Waals surface area contributed by atoms with E-state index in [1.807, 2.05) is 13.8 Å². The van der Waals surface area contributed by atoms with Gasteiger partial charge in [0.25, 0.3) is 0 Å². The van der Waals surface area contributed by atoms with Crippen LogP contribution in [-0.4, -0.2) is 59.3 Å². The molecule has 168 valence electrons. The summed E-state index contributed by atoms with van der Waals surface area (Å²) in [5.41, 5.74) is -2.03. The summed E-state index contributed by atoms with van der Waals surface area (Å²) in [7, 11) is 1.39. The van der Waals surface area contributed by atoms with Crippen molar-refractivity contribution in [2.75, 3.05) is 38.3 Å².